The monoisotopic (exact) mass is 444 g/mol. The van der Waals surface area contributed by atoms with Crippen LogP contribution in [0.25, 0.3) is 22.3 Å². The minimum Gasteiger partial charge on any atom is -0.367 e. The maximum atomic E-state index is 9.65. The highest BCUT2D eigenvalue weighted by molar-refractivity contribution is 6.31. The molecule has 8 heteroatoms. The average Bonchev–Trinajstić information content (AvgIpc) is 3.27. The van der Waals surface area contributed by atoms with E-state index in [1.807, 2.05) is 49.4 Å². The van der Waals surface area contributed by atoms with E-state index < -0.39 is 0 Å². The molecule has 0 atom stereocenters. The SMILES string of the molecule is Cc1ccccc1-c1noc(CN2CCN(c3c(C#N)cnc4ccc(Cl)cc34)CC2)n1. The molecular formula is C24H21ClN6O. The predicted molar refractivity (Wildman–Crippen MR) is 123 cm³/mol. The number of nitriles is 1. The van der Waals surface area contributed by atoms with E-state index in [1.54, 1.807) is 6.20 Å². The topological polar surface area (TPSA) is 82.1 Å². The largest absolute Gasteiger partial charge is 0.367 e. The molecule has 1 fully saturated rings. The normalized spacial score (nSPS) is 14.6. The number of nitrogens with zero attached hydrogens (tertiary/aromatic N) is 6. The van der Waals surface area contributed by atoms with Crippen LogP contribution >= 0.6 is 11.6 Å². The van der Waals surface area contributed by atoms with Crippen molar-refractivity contribution in [2.45, 2.75) is 13.5 Å². The highest BCUT2D eigenvalue weighted by Gasteiger charge is 2.23. The molecular weight excluding hydrogens is 424 g/mol. The molecule has 4 aromatic rings. The number of rotatable bonds is 4. The van der Waals surface area contributed by atoms with Crippen LogP contribution in [-0.2, 0) is 6.54 Å². The van der Waals surface area contributed by atoms with Crippen molar-refractivity contribution in [2.75, 3.05) is 31.1 Å². The highest BCUT2D eigenvalue weighted by atomic mass is 35.5. The zero-order valence-corrected chi connectivity index (χ0v) is 18.4. The summed E-state index contributed by atoms with van der Waals surface area (Å²) >= 11 is 6.23. The molecule has 160 valence electrons. The number of hydrogen-bond donors (Lipinski definition) is 0. The molecule has 2 aromatic carbocycles. The fourth-order valence-corrected chi connectivity index (χ4v) is 4.32. The van der Waals surface area contributed by atoms with Gasteiger partial charge < -0.3 is 9.42 Å². The smallest absolute Gasteiger partial charge is 0.241 e. The second-order valence-corrected chi connectivity index (χ2v) is 8.32. The van der Waals surface area contributed by atoms with Gasteiger partial charge in [0.05, 0.1) is 23.3 Å². The van der Waals surface area contributed by atoms with Crippen LogP contribution < -0.4 is 4.90 Å². The minimum atomic E-state index is 0.563. The van der Waals surface area contributed by atoms with Gasteiger partial charge >= 0.3 is 0 Å². The summed E-state index contributed by atoms with van der Waals surface area (Å²) in [5.74, 6) is 1.23. The van der Waals surface area contributed by atoms with Crippen LogP contribution in [0.5, 0.6) is 0 Å². The molecule has 7 nitrogen and oxygen atoms in total. The lowest BCUT2D eigenvalue weighted by Crippen LogP contribution is -2.46. The highest BCUT2D eigenvalue weighted by Crippen LogP contribution is 2.32. The first-order chi connectivity index (χ1) is 15.6. The number of benzene rings is 2. The Morgan fingerprint density at radius 1 is 1.12 bits per heavy atom. The van der Waals surface area contributed by atoms with Gasteiger partial charge in [0.25, 0.3) is 0 Å². The van der Waals surface area contributed by atoms with E-state index >= 15 is 0 Å². The summed E-state index contributed by atoms with van der Waals surface area (Å²) in [7, 11) is 0. The number of pyridine rings is 1. The third-order valence-corrected chi connectivity index (χ3v) is 6.06. The lowest BCUT2D eigenvalue weighted by Gasteiger charge is -2.36. The Bertz CT molecular complexity index is 1320. The van der Waals surface area contributed by atoms with Crippen molar-refractivity contribution in [3.63, 3.8) is 0 Å². The van der Waals surface area contributed by atoms with E-state index in [0.717, 1.165) is 53.9 Å². The van der Waals surface area contributed by atoms with Crippen molar-refractivity contribution in [1.29, 1.82) is 5.26 Å². The fourth-order valence-electron chi connectivity index (χ4n) is 4.15. The quantitative estimate of drug-likeness (QED) is 0.460. The summed E-state index contributed by atoms with van der Waals surface area (Å²) in [5, 5.41) is 15.4. The third kappa shape index (κ3) is 3.91. The first-order valence-corrected chi connectivity index (χ1v) is 10.8. The van der Waals surface area contributed by atoms with Crippen LogP contribution in [0.1, 0.15) is 17.0 Å². The maximum absolute atomic E-state index is 9.65. The second-order valence-electron chi connectivity index (χ2n) is 7.88. The molecule has 0 radical (unpaired) electrons. The molecule has 1 aliphatic heterocycles. The summed E-state index contributed by atoms with van der Waals surface area (Å²) in [5.41, 5.74) is 4.40. The molecule has 32 heavy (non-hydrogen) atoms. The van der Waals surface area contributed by atoms with Crippen LogP contribution in [0.15, 0.2) is 53.2 Å². The van der Waals surface area contributed by atoms with Gasteiger partial charge in [-0.25, -0.2) is 0 Å². The molecule has 0 unspecified atom stereocenters. The molecule has 5 rings (SSSR count). The number of piperazine rings is 1. The van der Waals surface area contributed by atoms with Gasteiger partial charge in [0.2, 0.25) is 11.7 Å². The first kappa shape index (κ1) is 20.4. The van der Waals surface area contributed by atoms with E-state index in [0.29, 0.717) is 28.8 Å². The molecule has 1 saturated heterocycles. The number of aromatic nitrogens is 3. The Morgan fingerprint density at radius 2 is 1.94 bits per heavy atom. The fraction of sp³-hybridized carbons (Fsp3) is 0.250. The summed E-state index contributed by atoms with van der Waals surface area (Å²) in [6.45, 7) is 5.82. The van der Waals surface area contributed by atoms with Gasteiger partial charge in [0, 0.05) is 48.3 Å². The number of fused-ring (bicyclic) bond motifs is 1. The van der Waals surface area contributed by atoms with Gasteiger partial charge in [0.15, 0.2) is 0 Å². The maximum Gasteiger partial charge on any atom is 0.241 e. The summed E-state index contributed by atoms with van der Waals surface area (Å²) in [4.78, 5) is 13.5. The Kier molecular flexibility index (Phi) is 5.48. The van der Waals surface area contributed by atoms with Crippen molar-refractivity contribution >= 4 is 28.2 Å². The van der Waals surface area contributed by atoms with Crippen molar-refractivity contribution < 1.29 is 4.52 Å². The summed E-state index contributed by atoms with van der Waals surface area (Å²) < 4.78 is 5.51. The molecule has 0 spiro atoms. The number of aryl methyl sites for hydroxylation is 1. The average molecular weight is 445 g/mol. The molecule has 0 N–H and O–H groups in total. The van der Waals surface area contributed by atoms with E-state index in [9.17, 15) is 5.26 Å². The van der Waals surface area contributed by atoms with Crippen molar-refractivity contribution in [1.82, 2.24) is 20.0 Å². The van der Waals surface area contributed by atoms with E-state index in [4.69, 9.17) is 16.1 Å². The molecule has 0 amide bonds. The second kappa shape index (κ2) is 8.58. The Morgan fingerprint density at radius 3 is 2.72 bits per heavy atom. The van der Waals surface area contributed by atoms with E-state index in [1.165, 1.54) is 0 Å². The molecule has 0 bridgehead atoms. The van der Waals surface area contributed by atoms with Crippen LogP contribution in [-0.4, -0.2) is 46.2 Å². The van der Waals surface area contributed by atoms with Gasteiger partial charge in [-0.15, -0.1) is 0 Å². The molecule has 3 heterocycles. The Labute approximate surface area is 190 Å². The summed E-state index contributed by atoms with van der Waals surface area (Å²) in [6.07, 6.45) is 1.64. The van der Waals surface area contributed by atoms with Gasteiger partial charge in [0.1, 0.15) is 6.07 Å². The van der Waals surface area contributed by atoms with Crippen LogP contribution in [0, 0.1) is 18.3 Å². The number of anilines is 1. The molecule has 2 aromatic heterocycles. The van der Waals surface area contributed by atoms with Crippen molar-refractivity contribution in [2.24, 2.45) is 0 Å². The third-order valence-electron chi connectivity index (χ3n) is 5.82. The zero-order chi connectivity index (χ0) is 22.1. The van der Waals surface area contributed by atoms with Gasteiger partial charge in [-0.1, -0.05) is 41.0 Å². The van der Waals surface area contributed by atoms with Crippen molar-refractivity contribution in [3.8, 4) is 17.5 Å². The number of halogens is 1. The number of hydrogen-bond acceptors (Lipinski definition) is 7. The van der Waals surface area contributed by atoms with Crippen LogP contribution in [0.3, 0.4) is 0 Å². The Balaban J connectivity index is 1.31. The van der Waals surface area contributed by atoms with Crippen molar-refractivity contribution in [3.05, 3.63) is 70.7 Å². The molecule has 1 aliphatic rings. The van der Waals surface area contributed by atoms with Gasteiger partial charge in [-0.3, -0.25) is 9.88 Å². The Hall–Kier alpha value is -3.47. The van der Waals surface area contributed by atoms with Crippen LogP contribution in [0.4, 0.5) is 5.69 Å². The molecule has 0 aliphatic carbocycles. The van der Waals surface area contributed by atoms with E-state index in [-0.39, 0.29) is 0 Å². The van der Waals surface area contributed by atoms with E-state index in [2.05, 4.69) is 31.0 Å². The minimum absolute atomic E-state index is 0.563. The first-order valence-electron chi connectivity index (χ1n) is 10.5. The van der Waals surface area contributed by atoms with Crippen LogP contribution in [0.2, 0.25) is 5.02 Å². The van der Waals surface area contributed by atoms with Gasteiger partial charge in [-0.05, 0) is 30.7 Å². The molecule has 0 saturated carbocycles. The zero-order valence-electron chi connectivity index (χ0n) is 17.6. The standard InChI is InChI=1S/C24H21ClN6O/c1-16-4-2-3-5-19(16)24-28-22(32-29-24)15-30-8-10-31(11-9-30)23-17(13-26)14-27-21-7-6-18(25)12-20(21)23/h2-7,12,14H,8-11,15H2,1H3. The summed E-state index contributed by atoms with van der Waals surface area (Å²) in [6, 6.07) is 15.9. The predicted octanol–water partition coefficient (Wildman–Crippen LogP) is 4.44. The van der Waals surface area contributed by atoms with Gasteiger partial charge in [-0.2, -0.15) is 10.2 Å². The lowest BCUT2D eigenvalue weighted by atomic mass is 10.1. The lowest BCUT2D eigenvalue weighted by molar-refractivity contribution is 0.215.